The zero-order valence-corrected chi connectivity index (χ0v) is 47.5. The molecule has 0 fully saturated rings. The summed E-state index contributed by atoms with van der Waals surface area (Å²) in [5.41, 5.74) is 0. The van der Waals surface area contributed by atoms with Gasteiger partial charge in [-0.2, -0.15) is 0 Å². The Hall–Kier alpha value is -2.40. The van der Waals surface area contributed by atoms with Crippen LogP contribution in [0.15, 0.2) is 60.8 Å². The van der Waals surface area contributed by atoms with E-state index in [0.717, 1.165) is 64.2 Å². The van der Waals surface area contributed by atoms with Crippen LogP contribution in [-0.2, 0) is 19.1 Å². The van der Waals surface area contributed by atoms with Gasteiger partial charge in [0.05, 0.1) is 6.61 Å². The maximum atomic E-state index is 12.3. The van der Waals surface area contributed by atoms with Crippen LogP contribution in [0.5, 0.6) is 0 Å². The monoisotopic (exact) mass is 993 g/mol. The molecule has 0 aliphatic heterocycles. The second-order valence-electron chi connectivity index (χ2n) is 21.1. The van der Waals surface area contributed by atoms with Crippen LogP contribution in [0.2, 0.25) is 0 Å². The highest BCUT2D eigenvalue weighted by Crippen LogP contribution is 2.18. The quantitative estimate of drug-likeness (QED) is 0.0373. The number of esters is 2. The first kappa shape index (κ1) is 68.6. The van der Waals surface area contributed by atoms with Crippen LogP contribution in [0.4, 0.5) is 0 Å². The molecule has 0 saturated carbocycles. The zero-order valence-electron chi connectivity index (χ0n) is 47.5. The van der Waals surface area contributed by atoms with Crippen molar-refractivity contribution in [2.24, 2.45) is 0 Å². The van der Waals surface area contributed by atoms with Crippen molar-refractivity contribution < 1.29 is 24.2 Å². The average Bonchev–Trinajstić information content (AvgIpc) is 3.37. The van der Waals surface area contributed by atoms with E-state index >= 15 is 0 Å². The van der Waals surface area contributed by atoms with E-state index in [0.29, 0.717) is 12.8 Å². The second kappa shape index (κ2) is 61.9. The molecule has 0 aromatic rings. The van der Waals surface area contributed by atoms with Crippen molar-refractivity contribution in [3.63, 3.8) is 0 Å². The number of hydrogen-bond donors (Lipinski definition) is 1. The molecule has 0 saturated heterocycles. The van der Waals surface area contributed by atoms with E-state index in [1.807, 2.05) is 0 Å². The number of ether oxygens (including phenoxy) is 2. The van der Waals surface area contributed by atoms with Crippen LogP contribution in [-0.4, -0.2) is 36.4 Å². The summed E-state index contributed by atoms with van der Waals surface area (Å²) in [7, 11) is 0. The van der Waals surface area contributed by atoms with Gasteiger partial charge in [0.2, 0.25) is 0 Å². The third-order valence-electron chi connectivity index (χ3n) is 14.1. The zero-order chi connectivity index (χ0) is 51.3. The van der Waals surface area contributed by atoms with E-state index in [-0.39, 0.29) is 25.2 Å². The van der Waals surface area contributed by atoms with Gasteiger partial charge < -0.3 is 14.6 Å². The Labute approximate surface area is 442 Å². The minimum Gasteiger partial charge on any atom is -0.462 e. The predicted molar refractivity (Wildman–Crippen MR) is 311 cm³/mol. The number of unbranched alkanes of at least 4 members (excludes halogenated alkanes) is 40. The van der Waals surface area contributed by atoms with Gasteiger partial charge in [-0.25, -0.2) is 0 Å². The number of carbonyl (C=O) groups excluding carboxylic acids is 2. The Morgan fingerprint density at radius 1 is 0.338 bits per heavy atom. The summed E-state index contributed by atoms with van der Waals surface area (Å²) in [5.74, 6) is -0.571. The summed E-state index contributed by atoms with van der Waals surface area (Å²) in [4.78, 5) is 24.6. The van der Waals surface area contributed by atoms with Crippen molar-refractivity contribution in [1.29, 1.82) is 0 Å². The molecule has 1 atom stereocenters. The lowest BCUT2D eigenvalue weighted by Gasteiger charge is -2.15. The summed E-state index contributed by atoms with van der Waals surface area (Å²) >= 11 is 0. The smallest absolute Gasteiger partial charge is 0.306 e. The van der Waals surface area contributed by atoms with Crippen LogP contribution in [0.1, 0.15) is 328 Å². The van der Waals surface area contributed by atoms with Crippen molar-refractivity contribution in [1.82, 2.24) is 0 Å². The maximum Gasteiger partial charge on any atom is 0.306 e. The van der Waals surface area contributed by atoms with Gasteiger partial charge in [0.1, 0.15) is 6.61 Å². The average molecular weight is 994 g/mol. The molecule has 0 spiro atoms. The topological polar surface area (TPSA) is 72.8 Å². The van der Waals surface area contributed by atoms with E-state index < -0.39 is 6.10 Å². The molecule has 1 N–H and O–H groups in total. The van der Waals surface area contributed by atoms with Crippen molar-refractivity contribution in [3.05, 3.63) is 60.8 Å². The largest absolute Gasteiger partial charge is 0.462 e. The first-order valence-corrected chi connectivity index (χ1v) is 31.3. The molecular formula is C66H120O5. The lowest BCUT2D eigenvalue weighted by molar-refractivity contribution is -0.161. The van der Waals surface area contributed by atoms with Crippen LogP contribution in [0, 0.1) is 0 Å². The maximum absolute atomic E-state index is 12.3. The van der Waals surface area contributed by atoms with Gasteiger partial charge >= 0.3 is 11.9 Å². The second-order valence-corrected chi connectivity index (χ2v) is 21.1. The van der Waals surface area contributed by atoms with Crippen LogP contribution in [0.25, 0.3) is 0 Å². The van der Waals surface area contributed by atoms with Crippen molar-refractivity contribution in [2.45, 2.75) is 335 Å². The number of aliphatic hydroxyl groups excluding tert-OH is 1. The number of allylic oxidation sites excluding steroid dienone is 10. The van der Waals surface area contributed by atoms with E-state index in [2.05, 4.69) is 74.6 Å². The number of aliphatic hydroxyl groups is 1. The Morgan fingerprint density at radius 2 is 0.606 bits per heavy atom. The van der Waals surface area contributed by atoms with Gasteiger partial charge in [-0.05, 0) is 57.8 Å². The predicted octanol–water partition coefficient (Wildman–Crippen LogP) is 21.4. The summed E-state index contributed by atoms with van der Waals surface area (Å²) in [5, 5.41) is 9.67. The summed E-state index contributed by atoms with van der Waals surface area (Å²) < 4.78 is 10.7. The fraction of sp³-hybridized carbons (Fsp3) is 0.818. The van der Waals surface area contributed by atoms with Gasteiger partial charge in [0.25, 0.3) is 0 Å². The van der Waals surface area contributed by atoms with Crippen LogP contribution >= 0.6 is 0 Å². The highest BCUT2D eigenvalue weighted by atomic mass is 16.6. The first-order valence-electron chi connectivity index (χ1n) is 31.3. The van der Waals surface area contributed by atoms with Crippen LogP contribution in [0.3, 0.4) is 0 Å². The van der Waals surface area contributed by atoms with Gasteiger partial charge in [-0.3, -0.25) is 9.59 Å². The third-order valence-corrected chi connectivity index (χ3v) is 14.1. The molecule has 5 nitrogen and oxygen atoms in total. The molecule has 0 aliphatic rings. The summed E-state index contributed by atoms with van der Waals surface area (Å²) in [6.07, 6.45) is 83.7. The summed E-state index contributed by atoms with van der Waals surface area (Å²) in [6, 6.07) is 0. The first-order chi connectivity index (χ1) is 35.1. The standard InChI is InChI=1S/C66H120O5/c1-3-5-7-9-11-13-15-17-19-21-23-25-27-28-29-30-31-32-33-34-35-36-37-38-39-41-43-45-47-49-51-53-55-57-59-61-66(69)71-64(62-67)63-70-65(68)60-58-56-54-52-50-48-46-44-42-40-26-24-22-20-18-16-14-12-10-8-6-4-2/h5,7,11,13,17,19,23,25,28-29,64,67H,3-4,6,8-10,12,14-16,18,20-22,24,26-27,30-63H2,1-2H3/b7-5-,13-11-,19-17-,25-23-,29-28-. The molecule has 5 heteroatoms. The Kier molecular flexibility index (Phi) is 59.8. The number of rotatable bonds is 58. The summed E-state index contributed by atoms with van der Waals surface area (Å²) in [6.45, 7) is 4.08. The fourth-order valence-corrected chi connectivity index (χ4v) is 9.41. The van der Waals surface area contributed by atoms with Crippen molar-refractivity contribution in [2.75, 3.05) is 13.2 Å². The minimum atomic E-state index is -0.770. The van der Waals surface area contributed by atoms with E-state index in [1.54, 1.807) is 0 Å². The molecular weight excluding hydrogens is 873 g/mol. The molecule has 0 rings (SSSR count). The molecule has 0 aliphatic carbocycles. The molecule has 0 aromatic heterocycles. The van der Waals surface area contributed by atoms with Gasteiger partial charge in [0, 0.05) is 12.8 Å². The SMILES string of the molecule is CC/C=C\C/C=C\C/C=C\C/C=C\C/C=C\CCCCCCCCCCCCCCCCCCCCCC(=O)OC(CO)COC(=O)CCCCCCCCCCCCCCCCCCCCCCCC. The van der Waals surface area contributed by atoms with E-state index in [9.17, 15) is 14.7 Å². The highest BCUT2D eigenvalue weighted by Gasteiger charge is 2.16. The lowest BCUT2D eigenvalue weighted by Crippen LogP contribution is -2.28. The minimum absolute atomic E-state index is 0.0605. The molecule has 0 aromatic carbocycles. The molecule has 0 amide bonds. The molecule has 0 heterocycles. The molecule has 414 valence electrons. The van der Waals surface area contributed by atoms with Crippen molar-refractivity contribution >= 4 is 11.9 Å². The number of carbonyl (C=O) groups is 2. The Morgan fingerprint density at radius 3 is 0.915 bits per heavy atom. The van der Waals surface area contributed by atoms with Crippen LogP contribution < -0.4 is 0 Å². The third kappa shape index (κ3) is 60.1. The lowest BCUT2D eigenvalue weighted by atomic mass is 10.0. The molecule has 1 unspecified atom stereocenters. The Balaban J connectivity index is 3.42. The Bertz CT molecular complexity index is 1210. The molecule has 71 heavy (non-hydrogen) atoms. The van der Waals surface area contributed by atoms with E-state index in [1.165, 1.54) is 238 Å². The van der Waals surface area contributed by atoms with Gasteiger partial charge in [-0.15, -0.1) is 0 Å². The highest BCUT2D eigenvalue weighted by molar-refractivity contribution is 5.70. The number of hydrogen-bond acceptors (Lipinski definition) is 5. The molecule has 0 radical (unpaired) electrons. The fourth-order valence-electron chi connectivity index (χ4n) is 9.41. The van der Waals surface area contributed by atoms with E-state index in [4.69, 9.17) is 9.47 Å². The van der Waals surface area contributed by atoms with Crippen molar-refractivity contribution in [3.8, 4) is 0 Å². The normalized spacial score (nSPS) is 12.5. The van der Waals surface area contributed by atoms with Gasteiger partial charge in [-0.1, -0.05) is 319 Å². The molecule has 0 bridgehead atoms. The van der Waals surface area contributed by atoms with Gasteiger partial charge in [0.15, 0.2) is 6.10 Å².